The van der Waals surface area contributed by atoms with E-state index in [4.69, 9.17) is 23.2 Å². The monoisotopic (exact) mass is 448 g/mol. The average Bonchev–Trinajstić information content (AvgIpc) is 3.41. The number of sulfonamides is 2. The molecule has 0 bridgehead atoms. The van der Waals surface area contributed by atoms with Crippen LogP contribution in [0.2, 0.25) is 10.0 Å². The quantitative estimate of drug-likeness (QED) is 0.704. The molecular formula is C17H18Cl2N2O4S2. The minimum absolute atomic E-state index is 0.0624. The largest absolute Gasteiger partial charge is 0.243 e. The van der Waals surface area contributed by atoms with Crippen LogP contribution >= 0.6 is 23.2 Å². The molecule has 0 heterocycles. The lowest BCUT2D eigenvalue weighted by molar-refractivity contribution is 0.466. The van der Waals surface area contributed by atoms with Gasteiger partial charge in [0.1, 0.15) is 0 Å². The first-order chi connectivity index (χ1) is 12.6. The average molecular weight is 449 g/mol. The van der Waals surface area contributed by atoms with E-state index in [0.717, 1.165) is 17.1 Å². The lowest BCUT2D eigenvalue weighted by Crippen LogP contribution is -2.28. The van der Waals surface area contributed by atoms with E-state index in [0.29, 0.717) is 15.6 Å². The minimum Gasteiger partial charge on any atom is -0.208 e. The summed E-state index contributed by atoms with van der Waals surface area (Å²) in [6.45, 7) is 0.0660. The zero-order chi connectivity index (χ0) is 19.8. The van der Waals surface area contributed by atoms with Crippen LogP contribution in [0, 0.1) is 0 Å². The summed E-state index contributed by atoms with van der Waals surface area (Å²) in [6, 6.07) is 10.1. The standard InChI is InChI=1S/C17H18Cl2N2O4S2/c1-21(11-12-5-8-16(18)17(19)9-12)27(24,25)15-4-2-3-14(10-15)26(22,23)20-13-6-7-13/h2-5,8-10,13,20H,6-7,11H2,1H3. The third-order valence-electron chi connectivity index (χ3n) is 4.11. The van der Waals surface area contributed by atoms with Gasteiger partial charge in [0.2, 0.25) is 20.0 Å². The van der Waals surface area contributed by atoms with Crippen LogP contribution < -0.4 is 4.72 Å². The van der Waals surface area contributed by atoms with E-state index >= 15 is 0 Å². The van der Waals surface area contributed by atoms with Crippen molar-refractivity contribution in [3.63, 3.8) is 0 Å². The Balaban J connectivity index is 1.85. The van der Waals surface area contributed by atoms with Crippen LogP contribution in [-0.2, 0) is 26.6 Å². The third-order valence-corrected chi connectivity index (χ3v) is 8.17. The fraction of sp³-hybridized carbons (Fsp3) is 0.294. The first kappa shape index (κ1) is 20.6. The van der Waals surface area contributed by atoms with Crippen molar-refractivity contribution < 1.29 is 16.8 Å². The first-order valence-electron chi connectivity index (χ1n) is 8.12. The molecule has 1 N–H and O–H groups in total. The predicted octanol–water partition coefficient (Wildman–Crippen LogP) is 3.25. The summed E-state index contributed by atoms with van der Waals surface area (Å²) in [7, 11) is -6.21. The van der Waals surface area contributed by atoms with Crippen molar-refractivity contribution in [2.45, 2.75) is 35.2 Å². The zero-order valence-corrected chi connectivity index (χ0v) is 17.5. The highest BCUT2D eigenvalue weighted by atomic mass is 35.5. The van der Waals surface area contributed by atoms with E-state index in [2.05, 4.69) is 4.72 Å². The molecule has 10 heteroatoms. The van der Waals surface area contributed by atoms with Crippen molar-refractivity contribution in [2.24, 2.45) is 0 Å². The zero-order valence-electron chi connectivity index (χ0n) is 14.4. The molecule has 1 aliphatic rings. The SMILES string of the molecule is CN(Cc1ccc(Cl)c(Cl)c1)S(=O)(=O)c1cccc(S(=O)(=O)NC2CC2)c1. The second-order valence-electron chi connectivity index (χ2n) is 6.38. The summed E-state index contributed by atoms with van der Waals surface area (Å²) in [4.78, 5) is -0.165. The number of nitrogens with zero attached hydrogens (tertiary/aromatic N) is 1. The Morgan fingerprint density at radius 3 is 2.30 bits per heavy atom. The van der Waals surface area contributed by atoms with E-state index < -0.39 is 20.0 Å². The lowest BCUT2D eigenvalue weighted by Gasteiger charge is -2.18. The van der Waals surface area contributed by atoms with Gasteiger partial charge in [-0.3, -0.25) is 0 Å². The second kappa shape index (κ2) is 7.69. The summed E-state index contributed by atoms with van der Waals surface area (Å²) in [6.07, 6.45) is 1.59. The topological polar surface area (TPSA) is 83.6 Å². The lowest BCUT2D eigenvalue weighted by atomic mass is 10.2. The molecule has 0 amide bonds. The molecule has 0 saturated heterocycles. The summed E-state index contributed by atoms with van der Waals surface area (Å²) in [5, 5.41) is 0.714. The van der Waals surface area contributed by atoms with Crippen molar-refractivity contribution in [1.82, 2.24) is 9.03 Å². The van der Waals surface area contributed by atoms with Crippen molar-refractivity contribution >= 4 is 43.2 Å². The van der Waals surface area contributed by atoms with Crippen molar-refractivity contribution in [3.05, 3.63) is 58.1 Å². The molecule has 0 unspecified atom stereocenters. The van der Waals surface area contributed by atoms with Gasteiger partial charge in [0, 0.05) is 19.6 Å². The number of rotatable bonds is 7. The van der Waals surface area contributed by atoms with Crippen molar-refractivity contribution in [2.75, 3.05) is 7.05 Å². The number of hydrogen-bond acceptors (Lipinski definition) is 4. The predicted molar refractivity (Wildman–Crippen MR) is 105 cm³/mol. The molecule has 1 aliphatic carbocycles. The molecule has 0 spiro atoms. The van der Waals surface area contributed by atoms with Gasteiger partial charge < -0.3 is 0 Å². The summed E-state index contributed by atoms with van der Waals surface area (Å²) < 4.78 is 54.1. The maximum absolute atomic E-state index is 12.9. The third kappa shape index (κ3) is 4.82. The molecule has 2 aromatic rings. The highest BCUT2D eigenvalue weighted by Gasteiger charge is 2.29. The highest BCUT2D eigenvalue weighted by molar-refractivity contribution is 7.90. The van der Waals surface area contributed by atoms with E-state index in [1.807, 2.05) is 0 Å². The van der Waals surface area contributed by atoms with Crippen LogP contribution in [0.5, 0.6) is 0 Å². The molecule has 0 aliphatic heterocycles. The van der Waals surface area contributed by atoms with Gasteiger partial charge in [0.05, 0.1) is 19.8 Å². The first-order valence-corrected chi connectivity index (χ1v) is 11.8. The number of benzene rings is 2. The van der Waals surface area contributed by atoms with E-state index in [1.165, 1.54) is 31.3 Å². The molecule has 0 radical (unpaired) electrons. The molecule has 0 aromatic heterocycles. The normalized spacial score (nSPS) is 15.3. The molecule has 1 fully saturated rings. The van der Waals surface area contributed by atoms with Gasteiger partial charge in [-0.15, -0.1) is 0 Å². The van der Waals surface area contributed by atoms with E-state index in [1.54, 1.807) is 18.2 Å². The van der Waals surface area contributed by atoms with Crippen LogP contribution in [0.25, 0.3) is 0 Å². The molecule has 3 rings (SSSR count). The maximum atomic E-state index is 12.9. The minimum atomic E-state index is -3.89. The van der Waals surface area contributed by atoms with E-state index in [9.17, 15) is 16.8 Å². The Morgan fingerprint density at radius 2 is 1.67 bits per heavy atom. The summed E-state index contributed by atoms with van der Waals surface area (Å²) in [5.74, 6) is 0. The van der Waals surface area contributed by atoms with Crippen LogP contribution in [0.15, 0.2) is 52.3 Å². The van der Waals surface area contributed by atoms with Gasteiger partial charge >= 0.3 is 0 Å². The van der Waals surface area contributed by atoms with Gasteiger partial charge in [-0.05, 0) is 48.7 Å². The van der Waals surface area contributed by atoms with Crippen LogP contribution in [0.3, 0.4) is 0 Å². The Labute approximate surface area is 169 Å². The highest BCUT2D eigenvalue weighted by Crippen LogP contribution is 2.26. The number of halogens is 2. The van der Waals surface area contributed by atoms with Gasteiger partial charge in [0.25, 0.3) is 0 Å². The molecule has 27 heavy (non-hydrogen) atoms. The molecule has 146 valence electrons. The molecular weight excluding hydrogens is 431 g/mol. The second-order valence-corrected chi connectivity index (χ2v) is 11.0. The number of nitrogens with one attached hydrogen (secondary N) is 1. The molecule has 2 aromatic carbocycles. The fourth-order valence-corrected chi connectivity index (χ4v) is 5.40. The molecule has 6 nitrogen and oxygen atoms in total. The number of hydrogen-bond donors (Lipinski definition) is 1. The van der Waals surface area contributed by atoms with Crippen molar-refractivity contribution in [1.29, 1.82) is 0 Å². The fourth-order valence-electron chi connectivity index (χ4n) is 2.45. The van der Waals surface area contributed by atoms with Gasteiger partial charge in [-0.1, -0.05) is 35.3 Å². The van der Waals surface area contributed by atoms with Crippen LogP contribution in [0.1, 0.15) is 18.4 Å². The van der Waals surface area contributed by atoms with E-state index in [-0.39, 0.29) is 22.4 Å². The Bertz CT molecular complexity index is 1070. The van der Waals surface area contributed by atoms with Gasteiger partial charge in [-0.25, -0.2) is 21.6 Å². The summed E-state index contributed by atoms with van der Waals surface area (Å²) >= 11 is 11.8. The maximum Gasteiger partial charge on any atom is 0.243 e. The Hall–Kier alpha value is -1.16. The summed E-state index contributed by atoms with van der Waals surface area (Å²) in [5.41, 5.74) is 0.662. The van der Waals surface area contributed by atoms with Gasteiger partial charge in [0.15, 0.2) is 0 Å². The molecule has 0 atom stereocenters. The Kier molecular flexibility index (Phi) is 5.86. The smallest absolute Gasteiger partial charge is 0.208 e. The Morgan fingerprint density at radius 1 is 1.00 bits per heavy atom. The van der Waals surface area contributed by atoms with Gasteiger partial charge in [-0.2, -0.15) is 4.31 Å². The van der Waals surface area contributed by atoms with Crippen LogP contribution in [-0.4, -0.2) is 34.2 Å². The van der Waals surface area contributed by atoms with Crippen LogP contribution in [0.4, 0.5) is 0 Å². The van der Waals surface area contributed by atoms with Crippen molar-refractivity contribution in [3.8, 4) is 0 Å². The molecule has 1 saturated carbocycles.